The first-order valence-electron chi connectivity index (χ1n) is 5.31. The number of anilines is 1. The van der Waals surface area contributed by atoms with Crippen molar-refractivity contribution in [2.24, 2.45) is 0 Å². The van der Waals surface area contributed by atoms with Gasteiger partial charge in [0.15, 0.2) is 0 Å². The van der Waals surface area contributed by atoms with Crippen molar-refractivity contribution in [3.8, 4) is 0 Å². The average Bonchev–Trinajstić information content (AvgIpc) is 2.32. The molecular weight excluding hydrogens is 272 g/mol. The van der Waals surface area contributed by atoms with Crippen LogP contribution >= 0.6 is 15.9 Å². The van der Waals surface area contributed by atoms with Crippen LogP contribution < -0.4 is 5.32 Å². The molecule has 0 amide bonds. The Morgan fingerprint density at radius 1 is 1.56 bits per heavy atom. The molecule has 0 aromatic carbocycles. The molecule has 88 valence electrons. The summed E-state index contributed by atoms with van der Waals surface area (Å²) in [6.07, 6.45) is 1.93. The average molecular weight is 287 g/mol. The molecule has 1 atom stereocenters. The van der Waals surface area contributed by atoms with E-state index in [2.05, 4.69) is 26.2 Å². The molecule has 2 rings (SSSR count). The van der Waals surface area contributed by atoms with E-state index in [0.29, 0.717) is 19.8 Å². The van der Waals surface area contributed by atoms with E-state index in [4.69, 9.17) is 9.47 Å². The van der Waals surface area contributed by atoms with Gasteiger partial charge in [0.05, 0.1) is 25.9 Å². The van der Waals surface area contributed by atoms with Crippen LogP contribution in [-0.4, -0.2) is 37.5 Å². The summed E-state index contributed by atoms with van der Waals surface area (Å²) in [4.78, 5) is 4.27. The quantitative estimate of drug-likeness (QED) is 0.923. The van der Waals surface area contributed by atoms with Crippen molar-refractivity contribution in [3.05, 3.63) is 22.3 Å². The number of hydrogen-bond acceptors (Lipinski definition) is 4. The maximum atomic E-state index is 5.53. The molecule has 1 aromatic heterocycles. The van der Waals surface area contributed by atoms with Gasteiger partial charge in [-0.2, -0.15) is 0 Å². The maximum absolute atomic E-state index is 5.53. The number of nitrogens with zero attached hydrogens (tertiary/aromatic N) is 1. The second kappa shape index (κ2) is 5.61. The molecule has 0 bridgehead atoms. The predicted octanol–water partition coefficient (Wildman–Crippen LogP) is 1.98. The van der Waals surface area contributed by atoms with Crippen LogP contribution in [0, 0.1) is 6.92 Å². The van der Waals surface area contributed by atoms with Crippen LogP contribution in [0.4, 0.5) is 5.82 Å². The van der Waals surface area contributed by atoms with E-state index in [1.165, 1.54) is 5.56 Å². The number of ether oxygens (including phenoxy) is 2. The normalized spacial score (nSPS) is 20.8. The molecular formula is C11H15BrN2O2. The summed E-state index contributed by atoms with van der Waals surface area (Å²) in [5.41, 5.74) is 1.17. The molecule has 1 N–H and O–H groups in total. The second-order valence-corrected chi connectivity index (χ2v) is 4.62. The molecule has 4 nitrogen and oxygen atoms in total. The largest absolute Gasteiger partial charge is 0.376 e. The fourth-order valence-corrected chi connectivity index (χ4v) is 1.73. The van der Waals surface area contributed by atoms with Crippen molar-refractivity contribution in [2.45, 2.75) is 13.0 Å². The summed E-state index contributed by atoms with van der Waals surface area (Å²) in [6, 6.07) is 2.01. The zero-order valence-corrected chi connectivity index (χ0v) is 10.8. The summed E-state index contributed by atoms with van der Waals surface area (Å²) in [7, 11) is 0. The molecule has 5 heteroatoms. The van der Waals surface area contributed by atoms with E-state index in [-0.39, 0.29) is 6.10 Å². The zero-order valence-electron chi connectivity index (χ0n) is 9.20. The van der Waals surface area contributed by atoms with Crippen LogP contribution in [-0.2, 0) is 9.47 Å². The highest BCUT2D eigenvalue weighted by molar-refractivity contribution is 9.10. The third-order valence-electron chi connectivity index (χ3n) is 2.44. The Labute approximate surface area is 103 Å². The van der Waals surface area contributed by atoms with Gasteiger partial charge >= 0.3 is 0 Å². The van der Waals surface area contributed by atoms with E-state index < -0.39 is 0 Å². The molecule has 1 aromatic rings. The van der Waals surface area contributed by atoms with E-state index in [0.717, 1.165) is 16.8 Å². The standard InChI is InChI=1S/C11H15BrN2O2/c1-8-4-11(14-6-10(8)12)13-5-9-7-15-2-3-16-9/h4,6,9H,2-3,5,7H2,1H3,(H,13,14). The molecule has 0 aliphatic carbocycles. The van der Waals surface area contributed by atoms with Crippen molar-refractivity contribution in [1.82, 2.24) is 4.98 Å². The van der Waals surface area contributed by atoms with Crippen LogP contribution in [0.5, 0.6) is 0 Å². The van der Waals surface area contributed by atoms with E-state index in [9.17, 15) is 0 Å². The Morgan fingerprint density at radius 3 is 3.12 bits per heavy atom. The molecule has 0 radical (unpaired) electrons. The third-order valence-corrected chi connectivity index (χ3v) is 3.27. The number of pyridine rings is 1. The van der Waals surface area contributed by atoms with Gasteiger partial charge in [-0.05, 0) is 34.5 Å². The first-order chi connectivity index (χ1) is 7.75. The van der Waals surface area contributed by atoms with Gasteiger partial charge in [0.1, 0.15) is 5.82 Å². The van der Waals surface area contributed by atoms with Gasteiger partial charge in [-0.1, -0.05) is 0 Å². The van der Waals surface area contributed by atoms with Gasteiger partial charge in [-0.3, -0.25) is 0 Å². The zero-order chi connectivity index (χ0) is 11.4. The number of hydrogen-bond donors (Lipinski definition) is 1. The predicted molar refractivity (Wildman–Crippen MR) is 65.7 cm³/mol. The SMILES string of the molecule is Cc1cc(NCC2COCCO2)ncc1Br. The van der Waals surface area contributed by atoms with Crippen LogP contribution in [0.3, 0.4) is 0 Å². The molecule has 2 heterocycles. The van der Waals surface area contributed by atoms with Gasteiger partial charge in [-0.25, -0.2) is 4.98 Å². The highest BCUT2D eigenvalue weighted by atomic mass is 79.9. The number of halogens is 1. The van der Waals surface area contributed by atoms with Crippen molar-refractivity contribution >= 4 is 21.7 Å². The van der Waals surface area contributed by atoms with E-state index >= 15 is 0 Å². The van der Waals surface area contributed by atoms with Crippen molar-refractivity contribution in [1.29, 1.82) is 0 Å². The minimum Gasteiger partial charge on any atom is -0.376 e. The van der Waals surface area contributed by atoms with Crippen molar-refractivity contribution in [2.75, 3.05) is 31.7 Å². The Bertz CT molecular complexity index is 354. The van der Waals surface area contributed by atoms with Gasteiger partial charge in [0, 0.05) is 17.2 Å². The minimum atomic E-state index is 0.125. The van der Waals surface area contributed by atoms with Crippen LogP contribution in [0.15, 0.2) is 16.7 Å². The third kappa shape index (κ3) is 3.17. The Balaban J connectivity index is 1.86. The smallest absolute Gasteiger partial charge is 0.126 e. The fraction of sp³-hybridized carbons (Fsp3) is 0.545. The van der Waals surface area contributed by atoms with Crippen LogP contribution in [0.2, 0.25) is 0 Å². The summed E-state index contributed by atoms with van der Waals surface area (Å²) in [6.45, 7) is 4.80. The number of nitrogens with one attached hydrogen (secondary N) is 1. The minimum absolute atomic E-state index is 0.125. The molecule has 1 fully saturated rings. The van der Waals surface area contributed by atoms with Crippen LogP contribution in [0.25, 0.3) is 0 Å². The first kappa shape index (κ1) is 11.8. The summed E-state index contributed by atoms with van der Waals surface area (Å²) < 4.78 is 11.9. The fourth-order valence-electron chi connectivity index (χ4n) is 1.51. The number of aryl methyl sites for hydroxylation is 1. The molecule has 1 unspecified atom stereocenters. The Kier molecular flexibility index (Phi) is 4.15. The first-order valence-corrected chi connectivity index (χ1v) is 6.10. The van der Waals surface area contributed by atoms with E-state index in [1.807, 2.05) is 13.0 Å². The lowest BCUT2D eigenvalue weighted by atomic mass is 10.3. The molecule has 1 saturated heterocycles. The van der Waals surface area contributed by atoms with E-state index in [1.54, 1.807) is 6.20 Å². The van der Waals surface area contributed by atoms with Gasteiger partial charge in [0.2, 0.25) is 0 Å². The number of aromatic nitrogens is 1. The lowest BCUT2D eigenvalue weighted by molar-refractivity contribution is -0.0819. The van der Waals surface area contributed by atoms with Crippen LogP contribution in [0.1, 0.15) is 5.56 Å². The lowest BCUT2D eigenvalue weighted by Crippen LogP contribution is -2.34. The molecule has 0 spiro atoms. The Hall–Kier alpha value is -0.650. The van der Waals surface area contributed by atoms with Gasteiger partial charge in [0.25, 0.3) is 0 Å². The maximum Gasteiger partial charge on any atom is 0.126 e. The number of rotatable bonds is 3. The van der Waals surface area contributed by atoms with Gasteiger partial charge in [-0.15, -0.1) is 0 Å². The molecule has 16 heavy (non-hydrogen) atoms. The highest BCUT2D eigenvalue weighted by Gasteiger charge is 2.13. The summed E-state index contributed by atoms with van der Waals surface area (Å²) in [5.74, 6) is 0.870. The molecule has 1 aliphatic heterocycles. The molecule has 0 saturated carbocycles. The van der Waals surface area contributed by atoms with Crippen molar-refractivity contribution in [3.63, 3.8) is 0 Å². The summed E-state index contributed by atoms with van der Waals surface area (Å²) >= 11 is 3.42. The lowest BCUT2D eigenvalue weighted by Gasteiger charge is -2.23. The highest BCUT2D eigenvalue weighted by Crippen LogP contribution is 2.17. The van der Waals surface area contributed by atoms with Gasteiger partial charge < -0.3 is 14.8 Å². The molecule has 1 aliphatic rings. The Morgan fingerprint density at radius 2 is 2.44 bits per heavy atom. The van der Waals surface area contributed by atoms with Crippen molar-refractivity contribution < 1.29 is 9.47 Å². The summed E-state index contributed by atoms with van der Waals surface area (Å²) in [5, 5.41) is 3.25. The monoisotopic (exact) mass is 286 g/mol. The topological polar surface area (TPSA) is 43.4 Å². The second-order valence-electron chi connectivity index (χ2n) is 3.77.